The van der Waals surface area contributed by atoms with Gasteiger partial charge in [0.25, 0.3) is 0 Å². The lowest BCUT2D eigenvalue weighted by Gasteiger charge is -2.00. The van der Waals surface area contributed by atoms with E-state index in [1.807, 2.05) is 12.1 Å². The van der Waals surface area contributed by atoms with Crippen LogP contribution in [0.5, 0.6) is 0 Å². The summed E-state index contributed by atoms with van der Waals surface area (Å²) in [5.74, 6) is -0.326. The molecule has 1 aromatic rings. The van der Waals surface area contributed by atoms with Crippen LogP contribution < -0.4 is 5.46 Å². The van der Waals surface area contributed by atoms with Crippen molar-refractivity contribution in [2.45, 2.75) is 6.92 Å². The molecule has 2 radical (unpaired) electrons. The third kappa shape index (κ3) is 2.77. The van der Waals surface area contributed by atoms with Crippen LogP contribution in [0.3, 0.4) is 0 Å². The van der Waals surface area contributed by atoms with Crippen LogP contribution in [0.4, 0.5) is 0 Å². The average molecular weight is 186 g/mol. The summed E-state index contributed by atoms with van der Waals surface area (Å²) >= 11 is 0. The van der Waals surface area contributed by atoms with E-state index in [1.165, 1.54) is 7.11 Å². The predicted octanol–water partition coefficient (Wildman–Crippen LogP) is 1.06. The normalized spacial score (nSPS) is 11.1. The van der Waals surface area contributed by atoms with E-state index in [1.54, 1.807) is 25.1 Å². The van der Waals surface area contributed by atoms with Crippen molar-refractivity contribution in [2.75, 3.05) is 7.11 Å². The summed E-state index contributed by atoms with van der Waals surface area (Å²) in [5, 5.41) is 0. The number of methoxy groups -OCH3 is 1. The van der Waals surface area contributed by atoms with Crippen LogP contribution in [0.25, 0.3) is 6.08 Å². The highest BCUT2D eigenvalue weighted by molar-refractivity contribution is 6.32. The van der Waals surface area contributed by atoms with Crippen molar-refractivity contribution >= 4 is 25.4 Å². The van der Waals surface area contributed by atoms with Gasteiger partial charge in [0, 0.05) is 5.57 Å². The van der Waals surface area contributed by atoms with E-state index >= 15 is 0 Å². The molecule has 0 bridgehead atoms. The van der Waals surface area contributed by atoms with E-state index in [0.29, 0.717) is 11.0 Å². The van der Waals surface area contributed by atoms with Gasteiger partial charge in [-0.05, 0) is 18.6 Å². The number of hydrogen-bond donors (Lipinski definition) is 0. The van der Waals surface area contributed by atoms with Crippen LogP contribution in [-0.4, -0.2) is 20.9 Å². The lowest BCUT2D eigenvalue weighted by molar-refractivity contribution is -0.135. The van der Waals surface area contributed by atoms with Crippen molar-refractivity contribution in [2.24, 2.45) is 0 Å². The molecule has 0 saturated carbocycles. The topological polar surface area (TPSA) is 26.3 Å². The standard InChI is InChI=1S/C11H11BO2/c1-8(11(13)14-2)6-9-4-3-5-10(12)7-9/h3-7H,1-2H3/b8-6+. The smallest absolute Gasteiger partial charge is 0.333 e. The Bertz CT molecular complexity index is 369. The minimum absolute atomic E-state index is 0.326. The Morgan fingerprint density at radius 2 is 2.21 bits per heavy atom. The Morgan fingerprint density at radius 3 is 2.79 bits per heavy atom. The minimum Gasteiger partial charge on any atom is -0.466 e. The third-order valence-electron chi connectivity index (χ3n) is 1.80. The summed E-state index contributed by atoms with van der Waals surface area (Å²) < 4.78 is 4.58. The largest absolute Gasteiger partial charge is 0.466 e. The summed E-state index contributed by atoms with van der Waals surface area (Å²) in [6.07, 6.45) is 1.74. The highest BCUT2D eigenvalue weighted by Crippen LogP contribution is 2.05. The summed E-state index contributed by atoms with van der Waals surface area (Å²) in [7, 11) is 6.96. The Morgan fingerprint density at radius 1 is 1.50 bits per heavy atom. The van der Waals surface area contributed by atoms with Gasteiger partial charge in [-0.15, -0.1) is 0 Å². The molecule has 0 atom stereocenters. The van der Waals surface area contributed by atoms with Gasteiger partial charge in [-0.1, -0.05) is 29.7 Å². The maximum atomic E-state index is 11.1. The van der Waals surface area contributed by atoms with Gasteiger partial charge in [0.2, 0.25) is 0 Å². The molecule has 0 aliphatic rings. The SMILES string of the molecule is [B]c1cccc(/C=C(\C)C(=O)OC)c1. The molecule has 0 saturated heterocycles. The predicted molar refractivity (Wildman–Crippen MR) is 57.5 cm³/mol. The second kappa shape index (κ2) is 4.65. The Kier molecular flexibility index (Phi) is 3.51. The van der Waals surface area contributed by atoms with E-state index in [9.17, 15) is 4.79 Å². The first-order chi connectivity index (χ1) is 6.63. The molecule has 14 heavy (non-hydrogen) atoms. The zero-order valence-corrected chi connectivity index (χ0v) is 8.28. The molecular formula is C11H11BO2. The van der Waals surface area contributed by atoms with Crippen molar-refractivity contribution in [3.63, 3.8) is 0 Å². The van der Waals surface area contributed by atoms with Gasteiger partial charge in [-0.2, -0.15) is 0 Å². The number of esters is 1. The number of hydrogen-bond acceptors (Lipinski definition) is 2. The van der Waals surface area contributed by atoms with Crippen LogP contribution in [0.2, 0.25) is 0 Å². The maximum absolute atomic E-state index is 11.1. The summed E-state index contributed by atoms with van der Waals surface area (Å²) in [4.78, 5) is 11.1. The molecule has 0 unspecified atom stereocenters. The van der Waals surface area contributed by atoms with Crippen molar-refractivity contribution in [3.05, 3.63) is 35.4 Å². The van der Waals surface area contributed by atoms with Gasteiger partial charge < -0.3 is 4.74 Å². The molecule has 2 nitrogen and oxygen atoms in total. The molecule has 0 aromatic heterocycles. The molecule has 0 spiro atoms. The van der Waals surface area contributed by atoms with Gasteiger partial charge >= 0.3 is 5.97 Å². The molecular weight excluding hydrogens is 175 g/mol. The summed E-state index contributed by atoms with van der Waals surface area (Å²) in [6.45, 7) is 1.70. The molecule has 0 N–H and O–H groups in total. The first-order valence-electron chi connectivity index (χ1n) is 4.25. The molecule has 3 heteroatoms. The number of carbonyl (C=O) groups is 1. The van der Waals surface area contributed by atoms with E-state index in [4.69, 9.17) is 7.85 Å². The lowest BCUT2D eigenvalue weighted by Crippen LogP contribution is -2.03. The fraction of sp³-hybridized carbons (Fsp3) is 0.182. The highest BCUT2D eigenvalue weighted by Gasteiger charge is 2.02. The Labute approximate surface area is 85.0 Å². The molecule has 0 aliphatic heterocycles. The first-order valence-corrected chi connectivity index (χ1v) is 4.25. The van der Waals surface area contributed by atoms with Gasteiger partial charge in [0.05, 0.1) is 7.11 Å². The third-order valence-corrected chi connectivity index (χ3v) is 1.80. The van der Waals surface area contributed by atoms with Gasteiger partial charge in [0.15, 0.2) is 0 Å². The Hall–Kier alpha value is -1.51. The quantitative estimate of drug-likeness (QED) is 0.392. The van der Waals surface area contributed by atoms with Crippen LogP contribution in [0.15, 0.2) is 29.8 Å². The van der Waals surface area contributed by atoms with Crippen molar-refractivity contribution in [1.82, 2.24) is 0 Å². The zero-order valence-electron chi connectivity index (χ0n) is 8.28. The van der Waals surface area contributed by atoms with Crippen LogP contribution in [0.1, 0.15) is 12.5 Å². The monoisotopic (exact) mass is 186 g/mol. The zero-order chi connectivity index (χ0) is 10.6. The van der Waals surface area contributed by atoms with E-state index < -0.39 is 0 Å². The summed E-state index contributed by atoms with van der Waals surface area (Å²) in [5.41, 5.74) is 2.13. The van der Waals surface area contributed by atoms with Gasteiger partial charge in [0.1, 0.15) is 7.85 Å². The highest BCUT2D eigenvalue weighted by atomic mass is 16.5. The van der Waals surface area contributed by atoms with Crippen LogP contribution in [-0.2, 0) is 9.53 Å². The summed E-state index contributed by atoms with van der Waals surface area (Å²) in [6, 6.07) is 7.31. The van der Waals surface area contributed by atoms with E-state index in [2.05, 4.69) is 4.74 Å². The molecule has 1 aromatic carbocycles. The fourth-order valence-electron chi connectivity index (χ4n) is 1.12. The second-order valence-electron chi connectivity index (χ2n) is 2.99. The van der Waals surface area contributed by atoms with E-state index in [-0.39, 0.29) is 5.97 Å². The van der Waals surface area contributed by atoms with Crippen molar-refractivity contribution < 1.29 is 9.53 Å². The van der Waals surface area contributed by atoms with Gasteiger partial charge in [-0.3, -0.25) is 0 Å². The minimum atomic E-state index is -0.326. The van der Waals surface area contributed by atoms with Crippen molar-refractivity contribution in [3.8, 4) is 0 Å². The lowest BCUT2D eigenvalue weighted by atomic mass is 9.94. The maximum Gasteiger partial charge on any atom is 0.333 e. The second-order valence-corrected chi connectivity index (χ2v) is 2.99. The van der Waals surface area contributed by atoms with Gasteiger partial charge in [-0.25, -0.2) is 4.79 Å². The molecule has 0 aliphatic carbocycles. The van der Waals surface area contributed by atoms with Crippen molar-refractivity contribution in [1.29, 1.82) is 0 Å². The number of carbonyl (C=O) groups excluding carboxylic acids is 1. The number of ether oxygens (including phenoxy) is 1. The fourth-order valence-corrected chi connectivity index (χ4v) is 1.12. The van der Waals surface area contributed by atoms with Crippen LogP contribution >= 0.6 is 0 Å². The molecule has 0 fully saturated rings. The Balaban J connectivity index is 2.91. The number of benzene rings is 1. The first kappa shape index (κ1) is 10.6. The molecule has 0 amide bonds. The molecule has 70 valence electrons. The molecule has 0 heterocycles. The van der Waals surface area contributed by atoms with Crippen LogP contribution in [0, 0.1) is 0 Å². The average Bonchev–Trinajstić information content (AvgIpc) is 2.16. The van der Waals surface area contributed by atoms with E-state index in [0.717, 1.165) is 5.56 Å². The number of rotatable bonds is 2. The molecule has 1 rings (SSSR count).